The van der Waals surface area contributed by atoms with Crippen LogP contribution in [-0.2, 0) is 14.3 Å². The van der Waals surface area contributed by atoms with Gasteiger partial charge in [0, 0.05) is 11.4 Å². The molecule has 3 N–H and O–H groups in total. The SMILES string of the molecule is CCOC(=O)COc1ccc(C2NC(=S)NC(C)=C2C(=O)Nc2ccccc2)cc1OC. The highest BCUT2D eigenvalue weighted by Crippen LogP contribution is 2.34. The molecule has 1 atom stereocenters. The number of methoxy groups -OCH3 is 1. The molecule has 3 rings (SSSR count). The number of thiocarbonyl (C=S) groups is 1. The zero-order chi connectivity index (χ0) is 23.1. The molecule has 8 nitrogen and oxygen atoms in total. The summed E-state index contributed by atoms with van der Waals surface area (Å²) in [7, 11) is 1.50. The molecule has 0 bridgehead atoms. The minimum atomic E-state index is -0.513. The second-order valence-electron chi connectivity index (χ2n) is 6.89. The molecule has 0 saturated heterocycles. The summed E-state index contributed by atoms with van der Waals surface area (Å²) in [5.74, 6) is 0.0700. The van der Waals surface area contributed by atoms with E-state index in [1.807, 2.05) is 30.3 Å². The lowest BCUT2D eigenvalue weighted by molar-refractivity contribution is -0.145. The van der Waals surface area contributed by atoms with Crippen LogP contribution in [0.4, 0.5) is 5.69 Å². The molecule has 0 fully saturated rings. The fourth-order valence-electron chi connectivity index (χ4n) is 3.29. The molecule has 2 aromatic rings. The Morgan fingerprint density at radius 1 is 1.12 bits per heavy atom. The summed E-state index contributed by atoms with van der Waals surface area (Å²) in [5.41, 5.74) is 2.57. The summed E-state index contributed by atoms with van der Waals surface area (Å²) in [6.45, 7) is 3.57. The topological polar surface area (TPSA) is 97.9 Å². The number of rotatable bonds is 8. The van der Waals surface area contributed by atoms with Gasteiger partial charge in [-0.05, 0) is 55.9 Å². The first-order chi connectivity index (χ1) is 15.4. The second-order valence-corrected chi connectivity index (χ2v) is 7.30. The molecule has 1 heterocycles. The Labute approximate surface area is 191 Å². The maximum absolute atomic E-state index is 13.1. The number of anilines is 1. The van der Waals surface area contributed by atoms with Gasteiger partial charge in [0.2, 0.25) is 0 Å². The Bertz CT molecular complexity index is 1040. The van der Waals surface area contributed by atoms with Crippen molar-refractivity contribution in [1.82, 2.24) is 10.6 Å². The second kappa shape index (κ2) is 10.6. The van der Waals surface area contributed by atoms with Crippen molar-refractivity contribution in [2.75, 3.05) is 25.6 Å². The van der Waals surface area contributed by atoms with Crippen molar-refractivity contribution in [3.05, 3.63) is 65.4 Å². The molecule has 1 unspecified atom stereocenters. The Balaban J connectivity index is 1.87. The van der Waals surface area contributed by atoms with Crippen molar-refractivity contribution in [3.63, 3.8) is 0 Å². The van der Waals surface area contributed by atoms with Crippen LogP contribution in [0.25, 0.3) is 0 Å². The van der Waals surface area contributed by atoms with E-state index in [2.05, 4.69) is 16.0 Å². The van der Waals surface area contributed by atoms with Crippen molar-refractivity contribution in [2.24, 2.45) is 0 Å². The van der Waals surface area contributed by atoms with Gasteiger partial charge in [0.05, 0.1) is 25.3 Å². The Morgan fingerprint density at radius 2 is 1.88 bits per heavy atom. The van der Waals surface area contributed by atoms with Gasteiger partial charge in [0.15, 0.2) is 23.2 Å². The van der Waals surface area contributed by atoms with E-state index in [1.54, 1.807) is 32.0 Å². The predicted molar refractivity (Wildman–Crippen MR) is 125 cm³/mol. The monoisotopic (exact) mass is 455 g/mol. The first-order valence-electron chi connectivity index (χ1n) is 10.0. The van der Waals surface area contributed by atoms with E-state index >= 15 is 0 Å². The van der Waals surface area contributed by atoms with Crippen LogP contribution in [0.5, 0.6) is 11.5 Å². The van der Waals surface area contributed by atoms with Crippen molar-refractivity contribution in [2.45, 2.75) is 19.9 Å². The molecule has 1 amide bonds. The minimum absolute atomic E-state index is 0.233. The van der Waals surface area contributed by atoms with Crippen molar-refractivity contribution >= 4 is 34.9 Å². The van der Waals surface area contributed by atoms with Crippen molar-refractivity contribution in [1.29, 1.82) is 0 Å². The van der Waals surface area contributed by atoms with Gasteiger partial charge in [0.25, 0.3) is 5.91 Å². The average molecular weight is 456 g/mol. The molecule has 0 saturated carbocycles. The number of allylic oxidation sites excluding steroid dienone is 1. The van der Waals surface area contributed by atoms with Gasteiger partial charge in [0.1, 0.15) is 0 Å². The smallest absolute Gasteiger partial charge is 0.344 e. The minimum Gasteiger partial charge on any atom is -0.493 e. The number of hydrogen-bond donors (Lipinski definition) is 3. The van der Waals surface area contributed by atoms with Gasteiger partial charge in [-0.1, -0.05) is 24.3 Å². The summed E-state index contributed by atoms with van der Waals surface area (Å²) in [6.07, 6.45) is 0. The van der Waals surface area contributed by atoms with Crippen molar-refractivity contribution < 1.29 is 23.8 Å². The highest BCUT2D eigenvalue weighted by molar-refractivity contribution is 7.80. The fourth-order valence-corrected chi connectivity index (χ4v) is 3.56. The van der Waals surface area contributed by atoms with Crippen LogP contribution in [0.15, 0.2) is 59.8 Å². The Hall–Kier alpha value is -3.59. The molecule has 0 aliphatic carbocycles. The van der Waals surface area contributed by atoms with Crippen LogP contribution in [0, 0.1) is 0 Å². The number of nitrogens with one attached hydrogen (secondary N) is 3. The number of carbonyl (C=O) groups excluding carboxylic acids is 2. The van der Waals surface area contributed by atoms with Gasteiger partial charge in [-0.15, -0.1) is 0 Å². The lowest BCUT2D eigenvalue weighted by Gasteiger charge is -2.30. The first-order valence-corrected chi connectivity index (χ1v) is 10.4. The van der Waals surface area contributed by atoms with E-state index in [1.165, 1.54) is 7.11 Å². The van der Waals surface area contributed by atoms with Crippen molar-refractivity contribution in [3.8, 4) is 11.5 Å². The quantitative estimate of drug-likeness (QED) is 0.413. The number of hydrogen-bond acceptors (Lipinski definition) is 6. The van der Waals surface area contributed by atoms with Crippen LogP contribution in [0.2, 0.25) is 0 Å². The molecule has 1 aliphatic rings. The highest BCUT2D eigenvalue weighted by atomic mass is 32.1. The summed E-state index contributed by atoms with van der Waals surface area (Å²) in [6, 6.07) is 13.9. The molecule has 9 heteroatoms. The summed E-state index contributed by atoms with van der Waals surface area (Å²) < 4.78 is 15.9. The van der Waals surface area contributed by atoms with E-state index in [-0.39, 0.29) is 19.1 Å². The first kappa shape index (κ1) is 23.1. The van der Waals surface area contributed by atoms with E-state index in [4.69, 9.17) is 26.4 Å². The van der Waals surface area contributed by atoms with Gasteiger partial charge in [-0.25, -0.2) is 4.79 Å². The highest BCUT2D eigenvalue weighted by Gasteiger charge is 2.30. The van der Waals surface area contributed by atoms with Crippen LogP contribution in [0.3, 0.4) is 0 Å². The maximum Gasteiger partial charge on any atom is 0.344 e. The number of esters is 1. The summed E-state index contributed by atoms with van der Waals surface area (Å²) >= 11 is 5.32. The lowest BCUT2D eigenvalue weighted by Crippen LogP contribution is -2.45. The molecule has 0 spiro atoms. The third kappa shape index (κ3) is 5.55. The number of ether oxygens (including phenoxy) is 3. The van der Waals surface area contributed by atoms with Crippen LogP contribution in [-0.4, -0.2) is 37.3 Å². The summed E-state index contributed by atoms with van der Waals surface area (Å²) in [5, 5.41) is 9.48. The number of benzene rings is 2. The van der Waals surface area contributed by atoms with Crippen LogP contribution in [0.1, 0.15) is 25.5 Å². The molecular formula is C23H25N3O5S. The molecule has 1 aliphatic heterocycles. The Morgan fingerprint density at radius 3 is 2.56 bits per heavy atom. The Kier molecular flexibility index (Phi) is 7.67. The zero-order valence-corrected chi connectivity index (χ0v) is 18.9. The molecule has 2 aromatic carbocycles. The third-order valence-electron chi connectivity index (χ3n) is 4.72. The van der Waals surface area contributed by atoms with Gasteiger partial charge < -0.3 is 30.2 Å². The maximum atomic E-state index is 13.1. The molecule has 168 valence electrons. The number of carbonyl (C=O) groups is 2. The molecular weight excluding hydrogens is 430 g/mol. The van der Waals surface area contributed by atoms with Gasteiger partial charge in [-0.3, -0.25) is 4.79 Å². The van der Waals surface area contributed by atoms with Gasteiger partial charge in [-0.2, -0.15) is 0 Å². The van der Waals surface area contributed by atoms with E-state index in [9.17, 15) is 9.59 Å². The van der Waals surface area contributed by atoms with E-state index in [0.29, 0.717) is 33.6 Å². The van der Waals surface area contributed by atoms with E-state index in [0.717, 1.165) is 5.56 Å². The normalized spacial score (nSPS) is 15.3. The lowest BCUT2D eigenvalue weighted by atomic mass is 9.94. The standard InChI is InChI=1S/C23H25N3O5S/c1-4-30-19(27)13-31-17-11-10-15(12-18(17)29-3)21-20(14(2)24-23(32)26-21)22(28)25-16-8-6-5-7-9-16/h5-12,21H,4,13H2,1-3H3,(H,25,28)(H2,24,26,32). The molecule has 0 aromatic heterocycles. The summed E-state index contributed by atoms with van der Waals surface area (Å²) in [4.78, 5) is 24.7. The molecule has 32 heavy (non-hydrogen) atoms. The van der Waals surface area contributed by atoms with E-state index < -0.39 is 12.0 Å². The molecule has 0 radical (unpaired) electrons. The van der Waals surface area contributed by atoms with Crippen LogP contribution < -0.4 is 25.4 Å². The third-order valence-corrected chi connectivity index (χ3v) is 4.94. The largest absolute Gasteiger partial charge is 0.493 e. The predicted octanol–water partition coefficient (Wildman–Crippen LogP) is 3.07. The van der Waals surface area contributed by atoms with Crippen LogP contribution >= 0.6 is 12.2 Å². The average Bonchev–Trinajstić information content (AvgIpc) is 2.77. The number of para-hydroxylation sites is 1. The van der Waals surface area contributed by atoms with Gasteiger partial charge >= 0.3 is 5.97 Å². The zero-order valence-electron chi connectivity index (χ0n) is 18.1. The fraction of sp³-hybridized carbons (Fsp3) is 0.261. The number of amides is 1.